The standard InChI is InChI=1S/C35H21N5O/c41-35-28-18-8-7-17-26(28)27-19-10-20-29-30(27)40(35)34(36-29)25-16-9-15-24(21-25)33-38-31(22-11-3-1-4-12-22)37-32(39-33)23-13-5-2-6-14-23/h1-21H. The first-order chi connectivity index (χ1) is 20.2. The fourth-order valence-corrected chi connectivity index (χ4v) is 5.50. The molecule has 0 saturated heterocycles. The zero-order valence-electron chi connectivity index (χ0n) is 21.8. The van der Waals surface area contributed by atoms with Crippen molar-refractivity contribution in [1.82, 2.24) is 24.3 Å². The van der Waals surface area contributed by atoms with Crippen LogP contribution in [0.1, 0.15) is 0 Å². The van der Waals surface area contributed by atoms with E-state index in [-0.39, 0.29) is 5.56 Å². The number of benzene rings is 5. The van der Waals surface area contributed by atoms with Gasteiger partial charge in [0, 0.05) is 33.0 Å². The maximum absolute atomic E-state index is 13.8. The van der Waals surface area contributed by atoms with Crippen molar-refractivity contribution in [3.05, 3.63) is 138 Å². The third kappa shape index (κ3) is 3.77. The Balaban J connectivity index is 1.35. The fraction of sp³-hybridized carbons (Fsp3) is 0. The molecule has 0 unspecified atom stereocenters. The zero-order chi connectivity index (χ0) is 27.3. The Kier molecular flexibility index (Phi) is 5.18. The summed E-state index contributed by atoms with van der Waals surface area (Å²) < 4.78 is 1.74. The SMILES string of the molecule is O=c1c2ccccc2c2cccc3nc(-c4cccc(-c5nc(-c6ccccc6)nc(-c6ccccc6)n5)c4)n1c32. The number of para-hydroxylation sites is 1. The van der Waals surface area contributed by atoms with Gasteiger partial charge in [-0.15, -0.1) is 0 Å². The van der Waals surface area contributed by atoms with Gasteiger partial charge in [-0.25, -0.2) is 19.9 Å². The van der Waals surface area contributed by atoms with E-state index in [2.05, 4.69) is 0 Å². The third-order valence-electron chi connectivity index (χ3n) is 7.41. The Morgan fingerprint density at radius 3 is 1.63 bits per heavy atom. The van der Waals surface area contributed by atoms with Crippen LogP contribution in [0.4, 0.5) is 0 Å². The molecule has 0 atom stereocenters. The molecule has 8 aromatic rings. The fourth-order valence-electron chi connectivity index (χ4n) is 5.50. The topological polar surface area (TPSA) is 73.0 Å². The smallest absolute Gasteiger partial charge is 0.264 e. The second-order valence-corrected chi connectivity index (χ2v) is 9.91. The highest BCUT2D eigenvalue weighted by Crippen LogP contribution is 2.32. The molecule has 0 bridgehead atoms. The summed E-state index contributed by atoms with van der Waals surface area (Å²) >= 11 is 0. The highest BCUT2D eigenvalue weighted by Gasteiger charge is 2.19. The molecule has 0 spiro atoms. The molecule has 8 rings (SSSR count). The number of hydrogen-bond donors (Lipinski definition) is 0. The van der Waals surface area contributed by atoms with Crippen LogP contribution in [0, 0.1) is 0 Å². The number of fused-ring (bicyclic) bond motifs is 2. The second kappa shape index (κ2) is 9.17. The van der Waals surface area contributed by atoms with Gasteiger partial charge in [-0.1, -0.05) is 109 Å². The number of nitrogens with zero attached hydrogens (tertiary/aromatic N) is 5. The quantitative estimate of drug-likeness (QED) is 0.225. The molecule has 0 N–H and O–H groups in total. The van der Waals surface area contributed by atoms with Crippen LogP contribution in [0.15, 0.2) is 132 Å². The van der Waals surface area contributed by atoms with E-state index in [1.165, 1.54) is 0 Å². The van der Waals surface area contributed by atoms with E-state index >= 15 is 0 Å². The first-order valence-corrected chi connectivity index (χ1v) is 13.4. The van der Waals surface area contributed by atoms with E-state index in [0.29, 0.717) is 28.7 Å². The van der Waals surface area contributed by atoms with Crippen LogP contribution in [-0.4, -0.2) is 24.3 Å². The van der Waals surface area contributed by atoms with Gasteiger partial charge in [0.2, 0.25) is 0 Å². The molecule has 6 nitrogen and oxygen atoms in total. The molecule has 3 heterocycles. The van der Waals surface area contributed by atoms with Crippen molar-refractivity contribution < 1.29 is 0 Å². The lowest BCUT2D eigenvalue weighted by Crippen LogP contribution is -2.14. The maximum Gasteiger partial charge on any atom is 0.264 e. The van der Waals surface area contributed by atoms with Crippen molar-refractivity contribution in [1.29, 1.82) is 0 Å². The van der Waals surface area contributed by atoms with Crippen LogP contribution in [0.5, 0.6) is 0 Å². The van der Waals surface area contributed by atoms with Crippen molar-refractivity contribution in [3.63, 3.8) is 0 Å². The monoisotopic (exact) mass is 527 g/mol. The minimum Gasteiger partial charge on any atom is -0.268 e. The maximum atomic E-state index is 13.8. The van der Waals surface area contributed by atoms with Gasteiger partial charge < -0.3 is 0 Å². The molecular formula is C35H21N5O. The lowest BCUT2D eigenvalue weighted by Gasteiger charge is -2.10. The third-order valence-corrected chi connectivity index (χ3v) is 7.41. The van der Waals surface area contributed by atoms with Crippen molar-refractivity contribution in [2.24, 2.45) is 0 Å². The molecule has 0 aliphatic rings. The summed E-state index contributed by atoms with van der Waals surface area (Å²) in [7, 11) is 0. The van der Waals surface area contributed by atoms with Crippen molar-refractivity contribution >= 4 is 27.2 Å². The highest BCUT2D eigenvalue weighted by molar-refractivity contribution is 6.11. The Morgan fingerprint density at radius 1 is 0.439 bits per heavy atom. The van der Waals surface area contributed by atoms with Crippen molar-refractivity contribution in [2.75, 3.05) is 0 Å². The van der Waals surface area contributed by atoms with E-state index < -0.39 is 0 Å². The van der Waals surface area contributed by atoms with E-state index in [1.807, 2.05) is 127 Å². The Bertz CT molecular complexity index is 2220. The molecule has 192 valence electrons. The summed E-state index contributed by atoms with van der Waals surface area (Å²) in [5, 5.41) is 2.60. The zero-order valence-corrected chi connectivity index (χ0v) is 21.8. The molecule has 0 radical (unpaired) electrons. The Morgan fingerprint density at radius 2 is 0.951 bits per heavy atom. The molecule has 0 aliphatic carbocycles. The van der Waals surface area contributed by atoms with Gasteiger partial charge in [-0.3, -0.25) is 9.20 Å². The number of rotatable bonds is 4. The number of pyridine rings is 1. The summed E-state index contributed by atoms with van der Waals surface area (Å²) in [6, 6.07) is 41.4. The second-order valence-electron chi connectivity index (χ2n) is 9.91. The number of imidazole rings is 1. The summed E-state index contributed by atoms with van der Waals surface area (Å²) in [4.78, 5) is 33.3. The summed E-state index contributed by atoms with van der Waals surface area (Å²) in [5.74, 6) is 2.33. The van der Waals surface area contributed by atoms with E-state index in [9.17, 15) is 4.79 Å². The van der Waals surface area contributed by atoms with Crippen LogP contribution in [0.3, 0.4) is 0 Å². The molecular weight excluding hydrogens is 506 g/mol. The van der Waals surface area contributed by atoms with Gasteiger partial charge in [0.25, 0.3) is 5.56 Å². The largest absolute Gasteiger partial charge is 0.268 e. The molecule has 5 aromatic carbocycles. The predicted octanol–water partition coefficient (Wildman–Crippen LogP) is 7.29. The highest BCUT2D eigenvalue weighted by atomic mass is 16.1. The predicted molar refractivity (Wildman–Crippen MR) is 163 cm³/mol. The number of hydrogen-bond acceptors (Lipinski definition) is 5. The van der Waals surface area contributed by atoms with E-state index in [1.54, 1.807) is 4.40 Å². The molecule has 3 aromatic heterocycles. The summed E-state index contributed by atoms with van der Waals surface area (Å²) in [6.07, 6.45) is 0. The average Bonchev–Trinajstić information content (AvgIpc) is 3.45. The van der Waals surface area contributed by atoms with Gasteiger partial charge in [-0.2, -0.15) is 0 Å². The van der Waals surface area contributed by atoms with Crippen LogP contribution in [0.25, 0.3) is 72.7 Å². The van der Waals surface area contributed by atoms with Gasteiger partial charge in [0.15, 0.2) is 17.5 Å². The lowest BCUT2D eigenvalue weighted by atomic mass is 10.1. The van der Waals surface area contributed by atoms with E-state index in [0.717, 1.165) is 44.1 Å². The van der Waals surface area contributed by atoms with Gasteiger partial charge in [0.1, 0.15) is 5.82 Å². The van der Waals surface area contributed by atoms with Gasteiger partial charge in [0.05, 0.1) is 11.0 Å². The van der Waals surface area contributed by atoms with Crippen molar-refractivity contribution in [3.8, 4) is 45.6 Å². The first kappa shape index (κ1) is 23.2. The lowest BCUT2D eigenvalue weighted by molar-refractivity contribution is 1.07. The normalized spacial score (nSPS) is 11.5. The molecule has 0 fully saturated rings. The minimum atomic E-state index is -0.0832. The van der Waals surface area contributed by atoms with E-state index in [4.69, 9.17) is 19.9 Å². The number of aromatic nitrogens is 5. The summed E-state index contributed by atoms with van der Waals surface area (Å²) in [6.45, 7) is 0. The Labute approximate surface area is 234 Å². The van der Waals surface area contributed by atoms with Crippen LogP contribution in [0.2, 0.25) is 0 Å². The van der Waals surface area contributed by atoms with Gasteiger partial charge >= 0.3 is 0 Å². The van der Waals surface area contributed by atoms with Crippen LogP contribution >= 0.6 is 0 Å². The minimum absolute atomic E-state index is 0.0832. The molecule has 0 aliphatic heterocycles. The summed E-state index contributed by atoms with van der Waals surface area (Å²) in [5.41, 5.74) is 4.96. The molecule has 0 saturated carbocycles. The van der Waals surface area contributed by atoms with Gasteiger partial charge in [-0.05, 0) is 23.6 Å². The van der Waals surface area contributed by atoms with Crippen molar-refractivity contribution in [2.45, 2.75) is 0 Å². The molecule has 6 heteroatoms. The molecule has 0 amide bonds. The average molecular weight is 528 g/mol. The molecule has 41 heavy (non-hydrogen) atoms. The Hall–Kier alpha value is -5.75. The van der Waals surface area contributed by atoms with Crippen LogP contribution in [-0.2, 0) is 0 Å². The first-order valence-electron chi connectivity index (χ1n) is 13.4. The van der Waals surface area contributed by atoms with Crippen LogP contribution < -0.4 is 5.56 Å².